The molecular weight excluding hydrogens is 406 g/mol. The summed E-state index contributed by atoms with van der Waals surface area (Å²) in [7, 11) is 0. The number of piperidine rings is 1. The SMILES string of the molecule is NC(C(=O)N1CCC(Nc2ccc3[nH]ncc3c2)CC1)c1cccc(Br)c1. The van der Waals surface area contributed by atoms with E-state index in [1.807, 2.05) is 41.4 Å². The molecule has 0 radical (unpaired) electrons. The van der Waals surface area contributed by atoms with Crippen LogP contribution in [-0.4, -0.2) is 40.1 Å². The number of aromatic nitrogens is 2. The van der Waals surface area contributed by atoms with Crippen LogP contribution in [0.15, 0.2) is 53.1 Å². The summed E-state index contributed by atoms with van der Waals surface area (Å²) in [4.78, 5) is 14.6. The van der Waals surface area contributed by atoms with Crippen molar-refractivity contribution < 1.29 is 4.79 Å². The summed E-state index contributed by atoms with van der Waals surface area (Å²) in [5.74, 6) is -0.00799. The summed E-state index contributed by atoms with van der Waals surface area (Å²) in [5, 5.41) is 11.7. The Hall–Kier alpha value is -2.38. The van der Waals surface area contributed by atoms with Crippen LogP contribution in [0, 0.1) is 0 Å². The average molecular weight is 428 g/mol. The number of nitrogens with zero attached hydrogens (tertiary/aromatic N) is 2. The van der Waals surface area contributed by atoms with E-state index in [9.17, 15) is 4.79 Å². The van der Waals surface area contributed by atoms with Crippen molar-refractivity contribution in [2.75, 3.05) is 18.4 Å². The molecule has 0 aliphatic carbocycles. The molecule has 6 nitrogen and oxygen atoms in total. The highest BCUT2D eigenvalue weighted by Crippen LogP contribution is 2.23. The van der Waals surface area contributed by atoms with Gasteiger partial charge in [0.1, 0.15) is 6.04 Å². The lowest BCUT2D eigenvalue weighted by molar-refractivity contribution is -0.133. The van der Waals surface area contributed by atoms with E-state index in [-0.39, 0.29) is 5.91 Å². The zero-order chi connectivity index (χ0) is 18.8. The van der Waals surface area contributed by atoms with Gasteiger partial charge in [-0.3, -0.25) is 9.89 Å². The number of aromatic amines is 1. The monoisotopic (exact) mass is 427 g/mol. The molecule has 27 heavy (non-hydrogen) atoms. The van der Waals surface area contributed by atoms with Gasteiger partial charge in [0.05, 0.1) is 11.7 Å². The van der Waals surface area contributed by atoms with Gasteiger partial charge in [0.25, 0.3) is 0 Å². The van der Waals surface area contributed by atoms with Crippen LogP contribution in [0.2, 0.25) is 0 Å². The molecule has 0 bridgehead atoms. The summed E-state index contributed by atoms with van der Waals surface area (Å²) in [6.45, 7) is 1.43. The molecule has 2 aromatic carbocycles. The van der Waals surface area contributed by atoms with E-state index in [0.29, 0.717) is 19.1 Å². The smallest absolute Gasteiger partial charge is 0.244 e. The van der Waals surface area contributed by atoms with Gasteiger partial charge < -0.3 is 16.0 Å². The lowest BCUT2D eigenvalue weighted by Crippen LogP contribution is -2.45. The number of carbonyl (C=O) groups is 1. The number of benzene rings is 2. The van der Waals surface area contributed by atoms with Crippen LogP contribution < -0.4 is 11.1 Å². The first-order valence-electron chi connectivity index (χ1n) is 9.09. The number of fused-ring (bicyclic) bond motifs is 1. The molecule has 1 aliphatic heterocycles. The lowest BCUT2D eigenvalue weighted by atomic mass is 10.0. The predicted molar refractivity (Wildman–Crippen MR) is 110 cm³/mol. The molecule has 1 aromatic heterocycles. The van der Waals surface area contributed by atoms with Crippen molar-refractivity contribution in [2.24, 2.45) is 5.73 Å². The molecule has 4 rings (SSSR count). The molecule has 1 fully saturated rings. The second kappa shape index (κ2) is 7.70. The molecule has 1 saturated heterocycles. The molecule has 0 saturated carbocycles. The summed E-state index contributed by atoms with van der Waals surface area (Å²) in [6.07, 6.45) is 3.63. The molecular formula is C20H22BrN5O. The van der Waals surface area contributed by atoms with E-state index in [0.717, 1.165) is 39.5 Å². The third-order valence-corrected chi connectivity index (χ3v) is 5.58. The van der Waals surface area contributed by atoms with Gasteiger partial charge in [-0.15, -0.1) is 0 Å². The fraction of sp³-hybridized carbons (Fsp3) is 0.300. The topological polar surface area (TPSA) is 87.0 Å². The number of rotatable bonds is 4. The average Bonchev–Trinajstić information content (AvgIpc) is 3.15. The molecule has 2 heterocycles. The van der Waals surface area contributed by atoms with E-state index < -0.39 is 6.04 Å². The minimum absolute atomic E-state index is 0.00799. The fourth-order valence-corrected chi connectivity index (χ4v) is 3.97. The number of H-pyrrole nitrogens is 1. The van der Waals surface area contributed by atoms with Crippen LogP contribution in [0.3, 0.4) is 0 Å². The molecule has 3 aromatic rings. The number of nitrogens with two attached hydrogens (primary N) is 1. The van der Waals surface area contributed by atoms with Gasteiger partial charge in [-0.05, 0) is 48.7 Å². The summed E-state index contributed by atoms with van der Waals surface area (Å²) in [5.41, 5.74) is 9.15. The third-order valence-electron chi connectivity index (χ3n) is 5.09. The van der Waals surface area contributed by atoms with Crippen LogP contribution in [0.4, 0.5) is 5.69 Å². The minimum Gasteiger partial charge on any atom is -0.382 e. The molecule has 1 unspecified atom stereocenters. The fourth-order valence-electron chi connectivity index (χ4n) is 3.55. The van der Waals surface area contributed by atoms with Crippen molar-refractivity contribution >= 4 is 38.4 Å². The summed E-state index contributed by atoms with van der Waals surface area (Å²) in [6, 6.07) is 13.5. The Morgan fingerprint density at radius 3 is 2.85 bits per heavy atom. The van der Waals surface area contributed by atoms with Crippen molar-refractivity contribution in [3.8, 4) is 0 Å². The second-order valence-electron chi connectivity index (χ2n) is 6.95. The highest BCUT2D eigenvalue weighted by Gasteiger charge is 2.27. The Labute approximate surface area is 166 Å². The Morgan fingerprint density at radius 2 is 2.07 bits per heavy atom. The van der Waals surface area contributed by atoms with E-state index in [4.69, 9.17) is 5.73 Å². The van der Waals surface area contributed by atoms with E-state index >= 15 is 0 Å². The molecule has 1 aliphatic rings. The summed E-state index contributed by atoms with van der Waals surface area (Å²) < 4.78 is 0.931. The normalized spacial score (nSPS) is 16.4. The number of anilines is 1. The molecule has 0 spiro atoms. The van der Waals surface area contributed by atoms with Crippen LogP contribution in [-0.2, 0) is 4.79 Å². The van der Waals surface area contributed by atoms with Gasteiger partial charge in [0, 0.05) is 34.7 Å². The van der Waals surface area contributed by atoms with Crippen molar-refractivity contribution in [1.82, 2.24) is 15.1 Å². The van der Waals surface area contributed by atoms with Crippen LogP contribution in [0.25, 0.3) is 10.9 Å². The van der Waals surface area contributed by atoms with Gasteiger partial charge in [0.2, 0.25) is 5.91 Å². The largest absolute Gasteiger partial charge is 0.382 e. The first kappa shape index (κ1) is 18.0. The van der Waals surface area contributed by atoms with Gasteiger partial charge >= 0.3 is 0 Å². The van der Waals surface area contributed by atoms with Gasteiger partial charge in [-0.2, -0.15) is 5.10 Å². The molecule has 4 N–H and O–H groups in total. The van der Waals surface area contributed by atoms with Gasteiger partial charge in [0.15, 0.2) is 0 Å². The van der Waals surface area contributed by atoms with Gasteiger partial charge in [-0.25, -0.2) is 0 Å². The number of carbonyl (C=O) groups excluding carboxylic acids is 1. The van der Waals surface area contributed by atoms with E-state index in [1.165, 1.54) is 0 Å². The standard InChI is InChI=1S/C20H22BrN5O/c21-15-3-1-2-13(10-15)19(22)20(27)26-8-6-16(7-9-26)24-17-4-5-18-14(11-17)12-23-25-18/h1-5,10-12,16,19,24H,6-9,22H2,(H,23,25). The molecule has 1 atom stereocenters. The number of likely N-dealkylation sites (tertiary alicyclic amines) is 1. The van der Waals surface area contributed by atoms with Crippen molar-refractivity contribution in [1.29, 1.82) is 0 Å². The number of nitrogens with one attached hydrogen (secondary N) is 2. The second-order valence-corrected chi connectivity index (χ2v) is 7.86. The zero-order valence-corrected chi connectivity index (χ0v) is 16.4. The number of hydrogen-bond acceptors (Lipinski definition) is 4. The Kier molecular flexibility index (Phi) is 5.13. The van der Waals surface area contributed by atoms with Crippen LogP contribution >= 0.6 is 15.9 Å². The Morgan fingerprint density at radius 1 is 1.26 bits per heavy atom. The maximum absolute atomic E-state index is 12.7. The van der Waals surface area contributed by atoms with Gasteiger partial charge in [-0.1, -0.05) is 28.1 Å². The van der Waals surface area contributed by atoms with Crippen molar-refractivity contribution in [3.05, 3.63) is 58.7 Å². The quantitative estimate of drug-likeness (QED) is 0.594. The zero-order valence-electron chi connectivity index (χ0n) is 14.9. The van der Waals surface area contributed by atoms with Crippen molar-refractivity contribution in [3.63, 3.8) is 0 Å². The number of amides is 1. The van der Waals surface area contributed by atoms with Crippen LogP contribution in [0.1, 0.15) is 24.4 Å². The van der Waals surface area contributed by atoms with Crippen molar-refractivity contribution in [2.45, 2.75) is 24.9 Å². The Balaban J connectivity index is 1.34. The maximum Gasteiger partial charge on any atom is 0.244 e. The number of halogens is 1. The predicted octanol–water partition coefficient (Wildman–Crippen LogP) is 3.43. The minimum atomic E-state index is -0.615. The molecule has 140 valence electrons. The highest BCUT2D eigenvalue weighted by atomic mass is 79.9. The third kappa shape index (κ3) is 3.99. The first-order chi connectivity index (χ1) is 13.1. The lowest BCUT2D eigenvalue weighted by Gasteiger charge is -2.34. The molecule has 7 heteroatoms. The first-order valence-corrected chi connectivity index (χ1v) is 9.89. The number of hydrogen-bond donors (Lipinski definition) is 3. The summed E-state index contributed by atoms with van der Waals surface area (Å²) >= 11 is 3.43. The van der Waals surface area contributed by atoms with E-state index in [2.05, 4.69) is 43.6 Å². The highest BCUT2D eigenvalue weighted by molar-refractivity contribution is 9.10. The molecule has 1 amide bonds. The Bertz CT molecular complexity index is 948. The maximum atomic E-state index is 12.7. The van der Waals surface area contributed by atoms with Crippen LogP contribution in [0.5, 0.6) is 0 Å². The van der Waals surface area contributed by atoms with E-state index in [1.54, 1.807) is 0 Å².